The van der Waals surface area contributed by atoms with Crippen LogP contribution in [0.4, 0.5) is 5.82 Å². The Morgan fingerprint density at radius 3 is 2.82 bits per heavy atom. The van der Waals surface area contributed by atoms with Crippen LogP contribution in [0.3, 0.4) is 0 Å². The highest BCUT2D eigenvalue weighted by Gasteiger charge is 2.28. The Labute approximate surface area is 165 Å². The minimum Gasteiger partial charge on any atom is -0.483 e. The number of likely N-dealkylation sites (tertiary alicyclic amines) is 1. The molecular formula is C22H27N3O3. The second kappa shape index (κ2) is 8.87. The molecule has 3 rings (SSSR count). The van der Waals surface area contributed by atoms with Gasteiger partial charge in [-0.25, -0.2) is 4.98 Å². The van der Waals surface area contributed by atoms with Crippen molar-refractivity contribution >= 4 is 17.6 Å². The van der Waals surface area contributed by atoms with Gasteiger partial charge in [-0.05, 0) is 62.9 Å². The average Bonchev–Trinajstić information content (AvgIpc) is 2.68. The second-order valence-corrected chi connectivity index (χ2v) is 7.39. The van der Waals surface area contributed by atoms with E-state index in [9.17, 15) is 9.59 Å². The summed E-state index contributed by atoms with van der Waals surface area (Å²) in [7, 11) is 0. The predicted molar refractivity (Wildman–Crippen MR) is 108 cm³/mol. The number of piperidine rings is 1. The molecule has 0 bridgehead atoms. The number of benzene rings is 1. The molecule has 1 saturated heterocycles. The van der Waals surface area contributed by atoms with Crippen molar-refractivity contribution in [2.24, 2.45) is 5.92 Å². The summed E-state index contributed by atoms with van der Waals surface area (Å²) in [6.07, 6.45) is 1.56. The van der Waals surface area contributed by atoms with Gasteiger partial charge in [0.25, 0.3) is 5.91 Å². The monoisotopic (exact) mass is 381 g/mol. The van der Waals surface area contributed by atoms with Crippen LogP contribution in [0.2, 0.25) is 0 Å². The molecule has 1 atom stereocenters. The van der Waals surface area contributed by atoms with Gasteiger partial charge in [-0.3, -0.25) is 9.59 Å². The lowest BCUT2D eigenvalue weighted by molar-refractivity contribution is -0.136. The Morgan fingerprint density at radius 2 is 2.04 bits per heavy atom. The summed E-state index contributed by atoms with van der Waals surface area (Å²) in [5, 5.41) is 2.86. The zero-order chi connectivity index (χ0) is 20.1. The average molecular weight is 381 g/mol. The van der Waals surface area contributed by atoms with E-state index in [1.807, 2.05) is 51.1 Å². The maximum atomic E-state index is 12.6. The van der Waals surface area contributed by atoms with Gasteiger partial charge in [0.1, 0.15) is 11.6 Å². The van der Waals surface area contributed by atoms with Gasteiger partial charge in [0.05, 0.1) is 5.92 Å². The molecule has 6 nitrogen and oxygen atoms in total. The fourth-order valence-electron chi connectivity index (χ4n) is 3.35. The van der Waals surface area contributed by atoms with E-state index in [1.165, 1.54) is 0 Å². The van der Waals surface area contributed by atoms with Gasteiger partial charge in [0, 0.05) is 18.8 Å². The van der Waals surface area contributed by atoms with E-state index >= 15 is 0 Å². The zero-order valence-corrected chi connectivity index (χ0v) is 16.7. The van der Waals surface area contributed by atoms with Gasteiger partial charge in [0.2, 0.25) is 5.91 Å². The van der Waals surface area contributed by atoms with Crippen LogP contribution in [-0.2, 0) is 9.59 Å². The number of hydrogen-bond donors (Lipinski definition) is 1. The Bertz CT molecular complexity index is 866. The van der Waals surface area contributed by atoms with Crippen LogP contribution < -0.4 is 10.1 Å². The standard InChI is InChI=1S/C22H27N3O3/c1-15-9-10-16(2)19(12-15)28-14-21(26)25-11-5-7-18(13-25)22(27)24-20-8-4-6-17(3)23-20/h4,6,8-10,12,18H,5,7,11,13-14H2,1-3H3,(H,23,24,27). The summed E-state index contributed by atoms with van der Waals surface area (Å²) in [5.41, 5.74) is 2.94. The molecule has 1 aliphatic heterocycles. The van der Waals surface area contributed by atoms with Crippen LogP contribution in [0.15, 0.2) is 36.4 Å². The number of aryl methyl sites for hydroxylation is 3. The number of carbonyl (C=O) groups excluding carboxylic acids is 2. The van der Waals surface area contributed by atoms with Crippen molar-refractivity contribution in [1.82, 2.24) is 9.88 Å². The normalized spacial score (nSPS) is 16.5. The zero-order valence-electron chi connectivity index (χ0n) is 16.7. The number of nitrogens with zero attached hydrogens (tertiary/aromatic N) is 2. The first-order valence-corrected chi connectivity index (χ1v) is 9.65. The largest absolute Gasteiger partial charge is 0.483 e. The number of nitrogens with one attached hydrogen (secondary N) is 1. The third-order valence-electron chi connectivity index (χ3n) is 4.98. The van der Waals surface area contributed by atoms with E-state index in [0.29, 0.717) is 18.9 Å². The summed E-state index contributed by atoms with van der Waals surface area (Å²) in [4.78, 5) is 31.2. The lowest BCUT2D eigenvalue weighted by Crippen LogP contribution is -2.45. The smallest absolute Gasteiger partial charge is 0.260 e. The minimum absolute atomic E-state index is 0.0158. The number of ether oxygens (including phenoxy) is 1. The maximum absolute atomic E-state index is 12.6. The van der Waals surface area contributed by atoms with E-state index in [-0.39, 0.29) is 24.3 Å². The van der Waals surface area contributed by atoms with Crippen molar-refractivity contribution in [1.29, 1.82) is 0 Å². The van der Waals surface area contributed by atoms with Crippen LogP contribution >= 0.6 is 0 Å². The Morgan fingerprint density at radius 1 is 1.21 bits per heavy atom. The molecule has 1 aromatic heterocycles. The van der Waals surface area contributed by atoms with E-state index in [4.69, 9.17) is 4.74 Å². The first-order valence-electron chi connectivity index (χ1n) is 9.65. The first kappa shape index (κ1) is 19.9. The predicted octanol–water partition coefficient (Wildman–Crippen LogP) is 3.26. The third-order valence-corrected chi connectivity index (χ3v) is 4.98. The van der Waals surface area contributed by atoms with Gasteiger partial charge in [-0.2, -0.15) is 0 Å². The van der Waals surface area contributed by atoms with Crippen molar-refractivity contribution in [3.8, 4) is 5.75 Å². The molecule has 1 aliphatic rings. The third kappa shape index (κ3) is 5.09. The molecule has 0 saturated carbocycles. The number of anilines is 1. The molecular weight excluding hydrogens is 354 g/mol. The fourth-order valence-corrected chi connectivity index (χ4v) is 3.35. The van der Waals surface area contributed by atoms with Crippen molar-refractivity contribution in [3.63, 3.8) is 0 Å². The van der Waals surface area contributed by atoms with Crippen LogP contribution in [0.25, 0.3) is 0 Å². The molecule has 1 fully saturated rings. The highest BCUT2D eigenvalue weighted by atomic mass is 16.5. The maximum Gasteiger partial charge on any atom is 0.260 e. The van der Waals surface area contributed by atoms with Gasteiger partial charge in [-0.15, -0.1) is 0 Å². The number of rotatable bonds is 5. The number of carbonyl (C=O) groups is 2. The molecule has 2 amide bonds. The molecule has 1 aromatic carbocycles. The Kier molecular flexibility index (Phi) is 6.29. The van der Waals surface area contributed by atoms with Crippen LogP contribution in [0.5, 0.6) is 5.75 Å². The molecule has 0 spiro atoms. The summed E-state index contributed by atoms with van der Waals surface area (Å²) >= 11 is 0. The van der Waals surface area contributed by atoms with Gasteiger partial charge in [0.15, 0.2) is 6.61 Å². The molecule has 0 aliphatic carbocycles. The number of amides is 2. The quantitative estimate of drug-likeness (QED) is 0.863. The topological polar surface area (TPSA) is 71.5 Å². The molecule has 0 radical (unpaired) electrons. The highest BCUT2D eigenvalue weighted by molar-refractivity contribution is 5.92. The van der Waals surface area contributed by atoms with E-state index < -0.39 is 0 Å². The highest BCUT2D eigenvalue weighted by Crippen LogP contribution is 2.21. The number of hydrogen-bond acceptors (Lipinski definition) is 4. The summed E-state index contributed by atoms with van der Waals surface area (Å²) in [6, 6.07) is 11.4. The van der Waals surface area contributed by atoms with Crippen molar-refractivity contribution in [2.45, 2.75) is 33.6 Å². The lowest BCUT2D eigenvalue weighted by Gasteiger charge is -2.32. The Hall–Kier alpha value is -2.89. The van der Waals surface area contributed by atoms with Crippen LogP contribution in [0, 0.1) is 26.7 Å². The van der Waals surface area contributed by atoms with E-state index in [0.717, 1.165) is 35.4 Å². The van der Waals surface area contributed by atoms with Crippen molar-refractivity contribution < 1.29 is 14.3 Å². The second-order valence-electron chi connectivity index (χ2n) is 7.39. The van der Waals surface area contributed by atoms with E-state index in [2.05, 4.69) is 10.3 Å². The molecule has 2 heterocycles. The van der Waals surface area contributed by atoms with Gasteiger partial charge in [-0.1, -0.05) is 18.2 Å². The molecule has 28 heavy (non-hydrogen) atoms. The van der Waals surface area contributed by atoms with Gasteiger partial charge < -0.3 is 15.0 Å². The fraction of sp³-hybridized carbons (Fsp3) is 0.409. The number of pyridine rings is 1. The van der Waals surface area contributed by atoms with Crippen LogP contribution in [0.1, 0.15) is 29.7 Å². The summed E-state index contributed by atoms with van der Waals surface area (Å²) in [5.74, 6) is 0.857. The van der Waals surface area contributed by atoms with Crippen LogP contribution in [-0.4, -0.2) is 41.4 Å². The molecule has 1 N–H and O–H groups in total. The van der Waals surface area contributed by atoms with E-state index in [1.54, 1.807) is 11.0 Å². The van der Waals surface area contributed by atoms with Gasteiger partial charge >= 0.3 is 0 Å². The molecule has 6 heteroatoms. The number of aromatic nitrogens is 1. The minimum atomic E-state index is -0.235. The first-order chi connectivity index (χ1) is 13.4. The SMILES string of the molecule is Cc1ccc(C)c(OCC(=O)N2CCCC(C(=O)Nc3cccc(C)n3)C2)c1. The molecule has 1 unspecified atom stereocenters. The summed E-state index contributed by atoms with van der Waals surface area (Å²) < 4.78 is 5.74. The lowest BCUT2D eigenvalue weighted by atomic mass is 9.97. The van der Waals surface area contributed by atoms with Crippen molar-refractivity contribution in [2.75, 3.05) is 25.0 Å². The van der Waals surface area contributed by atoms with Crippen molar-refractivity contribution in [3.05, 3.63) is 53.2 Å². The summed E-state index contributed by atoms with van der Waals surface area (Å²) in [6.45, 7) is 6.88. The molecule has 148 valence electrons. The Balaban J connectivity index is 1.55. The molecule has 2 aromatic rings.